The predicted octanol–water partition coefficient (Wildman–Crippen LogP) is 2.74. The lowest BCUT2D eigenvalue weighted by Gasteiger charge is -2.17. The molecule has 0 radical (unpaired) electrons. The largest absolute Gasteiger partial charge is 0.465 e. The molecule has 1 aliphatic heterocycles. The zero-order valence-corrected chi connectivity index (χ0v) is 14.6. The van der Waals surface area contributed by atoms with Gasteiger partial charge in [0.15, 0.2) is 0 Å². The van der Waals surface area contributed by atoms with Crippen molar-refractivity contribution in [1.82, 2.24) is 0 Å². The van der Waals surface area contributed by atoms with Gasteiger partial charge in [-0.1, -0.05) is 12.1 Å². The second kappa shape index (κ2) is 7.39. The monoisotopic (exact) mass is 353 g/mol. The minimum absolute atomic E-state index is 0.0985. The molecule has 6 nitrogen and oxygen atoms in total. The predicted molar refractivity (Wildman–Crippen MR) is 95.1 cm³/mol. The second-order valence-electron chi connectivity index (χ2n) is 6.18. The average molecular weight is 353 g/mol. The van der Waals surface area contributed by atoms with Gasteiger partial charge in [0, 0.05) is 18.7 Å². The molecule has 1 saturated heterocycles. The van der Waals surface area contributed by atoms with Crippen molar-refractivity contribution >= 4 is 23.5 Å². The summed E-state index contributed by atoms with van der Waals surface area (Å²) < 4.78 is 9.98. The van der Waals surface area contributed by atoms with Crippen LogP contribution < -0.4 is 9.64 Å². The van der Waals surface area contributed by atoms with Crippen molar-refractivity contribution in [2.45, 2.75) is 13.3 Å². The number of aryl methyl sites for hydroxylation is 1. The third-order valence-corrected chi connectivity index (χ3v) is 4.27. The molecule has 2 aromatic rings. The number of benzene rings is 2. The van der Waals surface area contributed by atoms with E-state index in [1.54, 1.807) is 4.90 Å². The molecule has 1 fully saturated rings. The molecule has 6 heteroatoms. The lowest BCUT2D eigenvalue weighted by atomic mass is 10.1. The maximum atomic E-state index is 12.4. The van der Waals surface area contributed by atoms with Crippen molar-refractivity contribution in [2.75, 3.05) is 18.6 Å². The van der Waals surface area contributed by atoms with Gasteiger partial charge >= 0.3 is 11.9 Å². The highest BCUT2D eigenvalue weighted by molar-refractivity contribution is 5.99. The van der Waals surface area contributed by atoms with Crippen LogP contribution in [0.25, 0.3) is 0 Å². The van der Waals surface area contributed by atoms with Crippen molar-refractivity contribution in [1.29, 1.82) is 0 Å². The normalized spacial score (nSPS) is 16.5. The van der Waals surface area contributed by atoms with Gasteiger partial charge in [-0.3, -0.25) is 9.59 Å². The van der Waals surface area contributed by atoms with Gasteiger partial charge in [-0.2, -0.15) is 0 Å². The maximum Gasteiger partial charge on any atom is 0.337 e. The zero-order valence-electron chi connectivity index (χ0n) is 14.6. The summed E-state index contributed by atoms with van der Waals surface area (Å²) in [4.78, 5) is 37.7. The summed E-state index contributed by atoms with van der Waals surface area (Å²) >= 11 is 0. The highest BCUT2D eigenvalue weighted by Gasteiger charge is 2.36. The number of rotatable bonds is 4. The Morgan fingerprint density at radius 2 is 1.85 bits per heavy atom. The SMILES string of the molecule is COC(=O)c1ccc(OC(=O)[C@@H]2CC(=O)N(c3cccc(C)c3)C2)cc1. The topological polar surface area (TPSA) is 72.9 Å². The molecule has 26 heavy (non-hydrogen) atoms. The van der Waals surface area contributed by atoms with Gasteiger partial charge in [-0.05, 0) is 48.9 Å². The number of carbonyl (C=O) groups is 3. The van der Waals surface area contributed by atoms with E-state index >= 15 is 0 Å². The third kappa shape index (κ3) is 3.74. The van der Waals surface area contributed by atoms with Gasteiger partial charge < -0.3 is 14.4 Å². The highest BCUT2D eigenvalue weighted by atomic mass is 16.5. The maximum absolute atomic E-state index is 12.4. The zero-order chi connectivity index (χ0) is 18.7. The molecule has 0 bridgehead atoms. The molecular weight excluding hydrogens is 334 g/mol. The van der Waals surface area contributed by atoms with Crippen LogP contribution in [0.2, 0.25) is 0 Å². The molecule has 1 heterocycles. The first-order valence-corrected chi connectivity index (χ1v) is 8.25. The molecule has 0 spiro atoms. The molecule has 2 aromatic carbocycles. The number of hydrogen-bond acceptors (Lipinski definition) is 5. The summed E-state index contributed by atoms with van der Waals surface area (Å²) in [6, 6.07) is 13.7. The first kappa shape index (κ1) is 17.7. The Kier molecular flexibility index (Phi) is 5.02. The molecule has 3 rings (SSSR count). The van der Waals surface area contributed by atoms with Crippen LogP contribution in [0.5, 0.6) is 5.75 Å². The molecule has 0 unspecified atom stereocenters. The standard InChI is InChI=1S/C20H19NO5/c1-13-4-3-5-16(10-13)21-12-15(11-18(21)22)20(24)26-17-8-6-14(7-9-17)19(23)25-2/h3-10,15H,11-12H2,1-2H3/t15-/m1/s1. The van der Waals surface area contributed by atoms with E-state index in [0.717, 1.165) is 11.3 Å². The Balaban J connectivity index is 1.65. The van der Waals surface area contributed by atoms with Crippen LogP contribution in [0.15, 0.2) is 48.5 Å². The average Bonchev–Trinajstić information content (AvgIpc) is 3.03. The molecule has 1 aliphatic rings. The van der Waals surface area contributed by atoms with Gasteiger partial charge in [0.25, 0.3) is 0 Å². The Bertz CT molecular complexity index is 844. The van der Waals surface area contributed by atoms with Crippen molar-refractivity contribution in [2.24, 2.45) is 5.92 Å². The summed E-state index contributed by atoms with van der Waals surface area (Å²) in [6.45, 7) is 2.25. The number of hydrogen-bond donors (Lipinski definition) is 0. The minimum atomic E-state index is -0.525. The van der Waals surface area contributed by atoms with Gasteiger partial charge in [0.2, 0.25) is 5.91 Å². The van der Waals surface area contributed by atoms with Crippen molar-refractivity contribution in [3.8, 4) is 5.75 Å². The molecule has 0 aliphatic carbocycles. The second-order valence-corrected chi connectivity index (χ2v) is 6.18. The van der Waals surface area contributed by atoms with Crippen molar-refractivity contribution < 1.29 is 23.9 Å². The fourth-order valence-corrected chi connectivity index (χ4v) is 2.89. The number of esters is 2. The van der Waals surface area contributed by atoms with Crippen LogP contribution in [0.4, 0.5) is 5.69 Å². The minimum Gasteiger partial charge on any atom is -0.465 e. The van der Waals surface area contributed by atoms with E-state index in [1.165, 1.54) is 31.4 Å². The van der Waals surface area contributed by atoms with Crippen LogP contribution in [-0.4, -0.2) is 31.5 Å². The third-order valence-electron chi connectivity index (χ3n) is 4.27. The van der Waals surface area contributed by atoms with E-state index in [1.807, 2.05) is 31.2 Å². The molecule has 1 amide bonds. The molecule has 0 aromatic heterocycles. The van der Waals surface area contributed by atoms with Gasteiger partial charge in [0.1, 0.15) is 5.75 Å². The van der Waals surface area contributed by atoms with Gasteiger partial charge in [-0.15, -0.1) is 0 Å². The van der Waals surface area contributed by atoms with Crippen LogP contribution in [0.3, 0.4) is 0 Å². The van der Waals surface area contributed by atoms with E-state index < -0.39 is 17.9 Å². The smallest absolute Gasteiger partial charge is 0.337 e. The van der Waals surface area contributed by atoms with Crippen LogP contribution in [-0.2, 0) is 14.3 Å². The fourth-order valence-electron chi connectivity index (χ4n) is 2.89. The van der Waals surface area contributed by atoms with Crippen LogP contribution in [0.1, 0.15) is 22.3 Å². The first-order valence-electron chi connectivity index (χ1n) is 8.25. The Hall–Kier alpha value is -3.15. The summed E-state index contributed by atoms with van der Waals surface area (Å²) in [7, 11) is 1.30. The molecule has 1 atom stereocenters. The van der Waals surface area contributed by atoms with Crippen molar-refractivity contribution in [3.05, 3.63) is 59.7 Å². The number of ether oxygens (including phenoxy) is 2. The Morgan fingerprint density at radius 3 is 2.50 bits per heavy atom. The lowest BCUT2D eigenvalue weighted by Crippen LogP contribution is -2.27. The molecule has 0 saturated carbocycles. The summed E-state index contributed by atoms with van der Waals surface area (Å²) in [5.41, 5.74) is 2.20. The van der Waals surface area contributed by atoms with E-state index in [0.29, 0.717) is 17.9 Å². The quantitative estimate of drug-likeness (QED) is 0.624. The highest BCUT2D eigenvalue weighted by Crippen LogP contribution is 2.27. The summed E-state index contributed by atoms with van der Waals surface area (Å²) in [5.74, 6) is -1.22. The summed E-state index contributed by atoms with van der Waals surface area (Å²) in [5, 5.41) is 0. The van der Waals surface area contributed by atoms with Crippen LogP contribution in [0, 0.1) is 12.8 Å². The van der Waals surface area contributed by atoms with E-state index in [9.17, 15) is 14.4 Å². The van der Waals surface area contributed by atoms with E-state index in [-0.39, 0.29) is 12.3 Å². The number of nitrogens with zero attached hydrogens (tertiary/aromatic N) is 1. The summed E-state index contributed by atoms with van der Waals surface area (Å²) in [6.07, 6.45) is 0.118. The van der Waals surface area contributed by atoms with Gasteiger partial charge in [-0.25, -0.2) is 4.79 Å². The number of amides is 1. The molecular formula is C20H19NO5. The van der Waals surface area contributed by atoms with Gasteiger partial charge in [0.05, 0.1) is 18.6 Å². The Morgan fingerprint density at radius 1 is 1.12 bits per heavy atom. The molecule has 0 N–H and O–H groups in total. The van der Waals surface area contributed by atoms with Crippen LogP contribution >= 0.6 is 0 Å². The fraction of sp³-hybridized carbons (Fsp3) is 0.250. The molecule has 134 valence electrons. The Labute approximate surface area is 151 Å². The van der Waals surface area contributed by atoms with Crippen molar-refractivity contribution in [3.63, 3.8) is 0 Å². The first-order chi connectivity index (χ1) is 12.5. The van der Waals surface area contributed by atoms with E-state index in [2.05, 4.69) is 4.74 Å². The lowest BCUT2D eigenvalue weighted by molar-refractivity contribution is -0.139. The number of methoxy groups -OCH3 is 1. The number of carbonyl (C=O) groups excluding carboxylic acids is 3. The van der Waals surface area contributed by atoms with E-state index in [4.69, 9.17) is 4.74 Å². The number of anilines is 1.